The van der Waals surface area contributed by atoms with Crippen LogP contribution in [-0.4, -0.2) is 10.1 Å². The number of hydrogen-bond donors (Lipinski definition) is 1. The van der Waals surface area contributed by atoms with Crippen LogP contribution < -0.4 is 10.1 Å². The van der Waals surface area contributed by atoms with Gasteiger partial charge in [0.05, 0.1) is 12.2 Å². The van der Waals surface area contributed by atoms with Gasteiger partial charge in [0.15, 0.2) is 11.6 Å². The minimum Gasteiger partial charge on any atom is -0.455 e. The van der Waals surface area contributed by atoms with Crippen LogP contribution in [0.4, 0.5) is 5.69 Å². The quantitative estimate of drug-likeness (QED) is 0.743. The highest BCUT2D eigenvalue weighted by atomic mass is 16.5. The molecule has 1 heterocycles. The molecule has 1 N–H and O–H groups in total. The third-order valence-corrected chi connectivity index (χ3v) is 3.11. The molecule has 0 saturated carbocycles. The second kappa shape index (κ2) is 6.76. The van der Waals surface area contributed by atoms with Crippen molar-refractivity contribution in [1.82, 2.24) is 10.1 Å². The van der Waals surface area contributed by atoms with Crippen molar-refractivity contribution in [2.24, 2.45) is 0 Å². The molecule has 0 aliphatic rings. The summed E-state index contributed by atoms with van der Waals surface area (Å²) in [5, 5.41) is 7.15. The van der Waals surface area contributed by atoms with Crippen LogP contribution in [0.3, 0.4) is 0 Å². The number of benzene rings is 2. The number of para-hydroxylation sites is 3. The van der Waals surface area contributed by atoms with Crippen LogP contribution in [0.2, 0.25) is 0 Å². The number of nitrogens with one attached hydrogen (secondary N) is 1. The predicted molar refractivity (Wildman–Crippen MR) is 84.0 cm³/mol. The van der Waals surface area contributed by atoms with E-state index >= 15 is 0 Å². The Morgan fingerprint density at radius 2 is 1.82 bits per heavy atom. The van der Waals surface area contributed by atoms with Gasteiger partial charge in [-0.25, -0.2) is 0 Å². The second-order valence-corrected chi connectivity index (χ2v) is 4.72. The zero-order valence-corrected chi connectivity index (χ0v) is 12.3. The van der Waals surface area contributed by atoms with Gasteiger partial charge in [-0.2, -0.15) is 4.98 Å². The molecular weight excluding hydrogens is 278 g/mol. The Balaban J connectivity index is 1.71. The smallest absolute Gasteiger partial charge is 0.245 e. The summed E-state index contributed by atoms with van der Waals surface area (Å²) in [6.07, 6.45) is 0.761. The van der Waals surface area contributed by atoms with Crippen LogP contribution >= 0.6 is 0 Å². The number of ether oxygens (including phenoxy) is 1. The maximum atomic E-state index is 5.90. The van der Waals surface area contributed by atoms with E-state index in [0.717, 1.165) is 23.6 Å². The van der Waals surface area contributed by atoms with Crippen molar-refractivity contribution >= 4 is 5.69 Å². The Bertz CT molecular complexity index is 726. The molecule has 0 aliphatic heterocycles. The summed E-state index contributed by atoms with van der Waals surface area (Å²) < 4.78 is 11.1. The lowest BCUT2D eigenvalue weighted by Crippen LogP contribution is -2.01. The van der Waals surface area contributed by atoms with E-state index in [1.165, 1.54) is 0 Å². The van der Waals surface area contributed by atoms with Gasteiger partial charge in [0, 0.05) is 6.42 Å². The molecule has 0 saturated heterocycles. The predicted octanol–water partition coefficient (Wildman–Crippen LogP) is 4.04. The fourth-order valence-corrected chi connectivity index (χ4v) is 1.99. The molecular formula is C17H17N3O2. The molecule has 2 aromatic carbocycles. The molecule has 3 aromatic rings. The normalized spacial score (nSPS) is 10.4. The zero-order valence-electron chi connectivity index (χ0n) is 12.3. The SMILES string of the molecule is CCc1noc(CNc2ccccc2Oc2ccccc2)n1. The number of nitrogens with zero attached hydrogens (tertiary/aromatic N) is 2. The number of anilines is 1. The van der Waals surface area contributed by atoms with Crippen molar-refractivity contribution in [2.75, 3.05) is 5.32 Å². The molecule has 3 rings (SSSR count). The number of hydrogen-bond acceptors (Lipinski definition) is 5. The monoisotopic (exact) mass is 295 g/mol. The molecule has 0 amide bonds. The zero-order chi connectivity index (χ0) is 15.2. The largest absolute Gasteiger partial charge is 0.455 e. The molecule has 5 heteroatoms. The highest BCUT2D eigenvalue weighted by molar-refractivity contribution is 5.57. The van der Waals surface area contributed by atoms with E-state index in [1.54, 1.807) is 0 Å². The molecule has 0 bridgehead atoms. The Morgan fingerprint density at radius 3 is 2.59 bits per heavy atom. The molecule has 0 radical (unpaired) electrons. The molecule has 1 aromatic heterocycles. The van der Waals surface area contributed by atoms with E-state index in [4.69, 9.17) is 9.26 Å². The first kappa shape index (κ1) is 14.1. The van der Waals surface area contributed by atoms with Gasteiger partial charge in [0.1, 0.15) is 5.75 Å². The van der Waals surface area contributed by atoms with Crippen molar-refractivity contribution in [2.45, 2.75) is 19.9 Å². The highest BCUT2D eigenvalue weighted by Crippen LogP contribution is 2.29. The van der Waals surface area contributed by atoms with Crippen molar-refractivity contribution < 1.29 is 9.26 Å². The van der Waals surface area contributed by atoms with Crippen molar-refractivity contribution in [1.29, 1.82) is 0 Å². The Kier molecular flexibility index (Phi) is 4.34. The Labute approximate surface area is 128 Å². The molecule has 112 valence electrons. The van der Waals surface area contributed by atoms with Crippen LogP contribution in [0, 0.1) is 0 Å². The van der Waals surface area contributed by atoms with Gasteiger partial charge in [-0.05, 0) is 24.3 Å². The summed E-state index contributed by atoms with van der Waals surface area (Å²) in [5.41, 5.74) is 0.877. The summed E-state index contributed by atoms with van der Waals surface area (Å²) in [7, 11) is 0. The maximum absolute atomic E-state index is 5.90. The fourth-order valence-electron chi connectivity index (χ4n) is 1.99. The van der Waals surface area contributed by atoms with Crippen molar-refractivity contribution in [3.05, 3.63) is 66.3 Å². The summed E-state index contributed by atoms with van der Waals surface area (Å²) in [6, 6.07) is 17.4. The van der Waals surface area contributed by atoms with Gasteiger partial charge < -0.3 is 14.6 Å². The van der Waals surface area contributed by atoms with Crippen LogP contribution in [0.1, 0.15) is 18.6 Å². The van der Waals surface area contributed by atoms with Gasteiger partial charge in [0.25, 0.3) is 0 Å². The average Bonchev–Trinajstić information content (AvgIpc) is 3.03. The number of aromatic nitrogens is 2. The number of aryl methyl sites for hydroxylation is 1. The van der Waals surface area contributed by atoms with E-state index in [0.29, 0.717) is 18.3 Å². The van der Waals surface area contributed by atoms with Crippen molar-refractivity contribution in [3.63, 3.8) is 0 Å². The number of rotatable bonds is 6. The van der Waals surface area contributed by atoms with E-state index in [9.17, 15) is 0 Å². The Morgan fingerprint density at radius 1 is 1.05 bits per heavy atom. The second-order valence-electron chi connectivity index (χ2n) is 4.72. The fraction of sp³-hybridized carbons (Fsp3) is 0.176. The van der Waals surface area contributed by atoms with Gasteiger partial charge in [-0.3, -0.25) is 0 Å². The topological polar surface area (TPSA) is 60.2 Å². The summed E-state index contributed by atoms with van der Waals surface area (Å²) >= 11 is 0. The van der Waals surface area contributed by atoms with Gasteiger partial charge in [0.2, 0.25) is 5.89 Å². The van der Waals surface area contributed by atoms with Crippen molar-refractivity contribution in [3.8, 4) is 11.5 Å². The molecule has 0 atom stereocenters. The average molecular weight is 295 g/mol. The molecule has 0 aliphatic carbocycles. The highest BCUT2D eigenvalue weighted by Gasteiger charge is 2.07. The van der Waals surface area contributed by atoms with Crippen LogP contribution in [0.5, 0.6) is 11.5 Å². The first-order chi connectivity index (χ1) is 10.8. The molecule has 22 heavy (non-hydrogen) atoms. The van der Waals surface area contributed by atoms with Gasteiger partial charge in [-0.15, -0.1) is 0 Å². The minimum atomic E-state index is 0.460. The third kappa shape index (κ3) is 3.44. The lowest BCUT2D eigenvalue weighted by atomic mass is 10.3. The molecule has 5 nitrogen and oxygen atoms in total. The molecule has 0 fully saturated rings. The Hall–Kier alpha value is -2.82. The van der Waals surface area contributed by atoms with E-state index in [2.05, 4.69) is 15.5 Å². The van der Waals surface area contributed by atoms with Crippen LogP contribution in [0.15, 0.2) is 59.1 Å². The lowest BCUT2D eigenvalue weighted by molar-refractivity contribution is 0.378. The van der Waals surface area contributed by atoms with Gasteiger partial charge >= 0.3 is 0 Å². The maximum Gasteiger partial charge on any atom is 0.245 e. The van der Waals surface area contributed by atoms with E-state index < -0.39 is 0 Å². The van der Waals surface area contributed by atoms with E-state index in [1.807, 2.05) is 61.5 Å². The third-order valence-electron chi connectivity index (χ3n) is 3.11. The summed E-state index contributed by atoms with van der Waals surface area (Å²) in [6.45, 7) is 2.45. The standard InChI is InChI=1S/C17H17N3O2/c1-2-16-19-17(22-20-16)12-18-14-10-6-7-11-15(14)21-13-8-4-3-5-9-13/h3-11,18H,2,12H2,1H3. The minimum absolute atomic E-state index is 0.460. The molecule has 0 unspecified atom stereocenters. The van der Waals surface area contributed by atoms with Gasteiger partial charge in [-0.1, -0.05) is 42.4 Å². The summed E-state index contributed by atoms with van der Waals surface area (Å²) in [5.74, 6) is 2.82. The van der Waals surface area contributed by atoms with E-state index in [-0.39, 0.29) is 0 Å². The van der Waals surface area contributed by atoms with Crippen LogP contribution in [0.25, 0.3) is 0 Å². The van der Waals surface area contributed by atoms with Crippen LogP contribution in [-0.2, 0) is 13.0 Å². The summed E-state index contributed by atoms with van der Waals surface area (Å²) in [4.78, 5) is 4.28. The molecule has 0 spiro atoms. The first-order valence-corrected chi connectivity index (χ1v) is 7.22. The lowest BCUT2D eigenvalue weighted by Gasteiger charge is -2.11. The first-order valence-electron chi connectivity index (χ1n) is 7.22.